The number of carbonyl (C=O) groups is 3. The Kier molecular flexibility index (Phi) is 52.5. The Morgan fingerprint density at radius 2 is 0.567 bits per heavy atom. The fraction of sp³-hybridized carbons (Fsp3) is 0.951. The van der Waals surface area contributed by atoms with Gasteiger partial charge in [-0.15, -0.1) is 0 Å². The topological polar surface area (TPSA) is 78.9 Å². The molecule has 0 aliphatic rings. The first-order valence-corrected chi connectivity index (χ1v) is 30.3. The summed E-state index contributed by atoms with van der Waals surface area (Å²) < 4.78 is 16.9. The molecule has 0 aliphatic carbocycles. The van der Waals surface area contributed by atoms with Gasteiger partial charge in [-0.1, -0.05) is 304 Å². The molecule has 0 aromatic carbocycles. The molecule has 0 spiro atoms. The number of carbonyl (C=O) groups excluding carboxylic acids is 3. The van der Waals surface area contributed by atoms with E-state index in [9.17, 15) is 14.4 Å². The summed E-state index contributed by atoms with van der Waals surface area (Å²) in [5.74, 6) is 0.906. The molecule has 0 amide bonds. The van der Waals surface area contributed by atoms with Crippen molar-refractivity contribution in [3.63, 3.8) is 0 Å². The zero-order valence-corrected chi connectivity index (χ0v) is 46.0. The molecule has 0 aliphatic heterocycles. The molecule has 0 aromatic heterocycles. The van der Waals surface area contributed by atoms with Gasteiger partial charge in [-0.3, -0.25) is 14.4 Å². The van der Waals surface area contributed by atoms with Gasteiger partial charge < -0.3 is 14.2 Å². The summed E-state index contributed by atoms with van der Waals surface area (Å²) in [7, 11) is 0. The van der Waals surface area contributed by atoms with Gasteiger partial charge in [-0.2, -0.15) is 0 Å². The lowest BCUT2D eigenvalue weighted by atomic mass is 9.99. The standard InChI is InChI=1S/C61H118O6/c1-6-8-9-10-11-12-13-14-21-28-33-38-43-48-53-61(64)67-58(54-65-59(62)51-46-41-36-31-26-22-17-15-19-24-29-34-39-44-49-56(3)4)55-66-60(63)52-47-42-37-32-27-23-18-16-20-25-30-35-40-45-50-57(5)7-2/h56-58H,6-55H2,1-5H3/t57?,58-/m1/s1. The summed E-state index contributed by atoms with van der Waals surface area (Å²) in [6.07, 6.45) is 58.0. The second kappa shape index (κ2) is 53.8. The van der Waals surface area contributed by atoms with E-state index in [1.165, 1.54) is 231 Å². The molecule has 0 rings (SSSR count). The number of hydrogen-bond donors (Lipinski definition) is 0. The first kappa shape index (κ1) is 65.4. The molecule has 0 fully saturated rings. The number of esters is 3. The zero-order chi connectivity index (χ0) is 48.9. The Hall–Kier alpha value is -1.59. The first-order chi connectivity index (χ1) is 32.8. The summed E-state index contributed by atoms with van der Waals surface area (Å²) in [6, 6.07) is 0. The number of unbranched alkanes of at least 4 members (excludes halogenated alkanes) is 39. The van der Waals surface area contributed by atoms with Gasteiger partial charge in [0.05, 0.1) is 0 Å². The second-order valence-electron chi connectivity index (χ2n) is 21.7. The second-order valence-corrected chi connectivity index (χ2v) is 21.7. The van der Waals surface area contributed by atoms with Gasteiger partial charge in [0, 0.05) is 19.3 Å². The van der Waals surface area contributed by atoms with Crippen molar-refractivity contribution in [2.75, 3.05) is 13.2 Å². The molecule has 0 radical (unpaired) electrons. The van der Waals surface area contributed by atoms with Crippen LogP contribution in [0.15, 0.2) is 0 Å². The van der Waals surface area contributed by atoms with E-state index in [4.69, 9.17) is 14.2 Å². The van der Waals surface area contributed by atoms with Gasteiger partial charge in [0.1, 0.15) is 13.2 Å². The first-order valence-electron chi connectivity index (χ1n) is 30.3. The zero-order valence-electron chi connectivity index (χ0n) is 46.0. The smallest absolute Gasteiger partial charge is 0.306 e. The third-order valence-corrected chi connectivity index (χ3v) is 14.3. The third-order valence-electron chi connectivity index (χ3n) is 14.3. The molecule has 398 valence electrons. The van der Waals surface area contributed by atoms with Gasteiger partial charge in [0.15, 0.2) is 6.10 Å². The van der Waals surface area contributed by atoms with Crippen molar-refractivity contribution in [2.45, 2.75) is 349 Å². The molecule has 2 atom stereocenters. The highest BCUT2D eigenvalue weighted by molar-refractivity contribution is 5.71. The molecular formula is C61H118O6. The molecule has 0 bridgehead atoms. The molecule has 0 aromatic rings. The molecule has 6 heteroatoms. The largest absolute Gasteiger partial charge is 0.462 e. The van der Waals surface area contributed by atoms with Crippen LogP contribution in [-0.4, -0.2) is 37.2 Å². The predicted molar refractivity (Wildman–Crippen MR) is 289 cm³/mol. The van der Waals surface area contributed by atoms with Crippen molar-refractivity contribution in [3.05, 3.63) is 0 Å². The molecule has 6 nitrogen and oxygen atoms in total. The summed E-state index contributed by atoms with van der Waals surface area (Å²) >= 11 is 0. The lowest BCUT2D eigenvalue weighted by Crippen LogP contribution is -2.30. The third kappa shape index (κ3) is 53.6. The van der Waals surface area contributed by atoms with E-state index in [0.717, 1.165) is 69.6 Å². The fourth-order valence-electron chi connectivity index (χ4n) is 9.37. The van der Waals surface area contributed by atoms with Gasteiger partial charge in [-0.05, 0) is 31.1 Å². The Morgan fingerprint density at radius 3 is 0.851 bits per heavy atom. The lowest BCUT2D eigenvalue weighted by Gasteiger charge is -2.18. The van der Waals surface area contributed by atoms with Crippen LogP contribution in [-0.2, 0) is 28.6 Å². The van der Waals surface area contributed by atoms with Crippen LogP contribution < -0.4 is 0 Å². The normalized spacial score (nSPS) is 12.4. The molecule has 0 saturated carbocycles. The maximum atomic E-state index is 12.9. The molecular weight excluding hydrogens is 829 g/mol. The van der Waals surface area contributed by atoms with Gasteiger partial charge in [0.25, 0.3) is 0 Å². The van der Waals surface area contributed by atoms with Crippen LogP contribution in [0.25, 0.3) is 0 Å². The number of rotatable bonds is 55. The summed E-state index contributed by atoms with van der Waals surface area (Å²) in [5, 5.41) is 0. The van der Waals surface area contributed by atoms with Crippen LogP contribution in [0.5, 0.6) is 0 Å². The Morgan fingerprint density at radius 1 is 0.313 bits per heavy atom. The van der Waals surface area contributed by atoms with E-state index < -0.39 is 6.10 Å². The Bertz CT molecular complexity index is 1030. The molecule has 0 saturated heterocycles. The van der Waals surface area contributed by atoms with Crippen LogP contribution in [0.1, 0.15) is 343 Å². The van der Waals surface area contributed by atoms with Crippen molar-refractivity contribution in [1.29, 1.82) is 0 Å². The summed E-state index contributed by atoms with van der Waals surface area (Å²) in [4.78, 5) is 38.2. The maximum Gasteiger partial charge on any atom is 0.306 e. The van der Waals surface area contributed by atoms with E-state index in [1.54, 1.807) is 0 Å². The van der Waals surface area contributed by atoms with E-state index >= 15 is 0 Å². The van der Waals surface area contributed by atoms with E-state index in [2.05, 4.69) is 34.6 Å². The van der Waals surface area contributed by atoms with Crippen LogP contribution in [0.4, 0.5) is 0 Å². The maximum absolute atomic E-state index is 12.9. The van der Waals surface area contributed by atoms with Crippen molar-refractivity contribution in [3.8, 4) is 0 Å². The number of hydrogen-bond acceptors (Lipinski definition) is 6. The Balaban J connectivity index is 4.28. The molecule has 67 heavy (non-hydrogen) atoms. The van der Waals surface area contributed by atoms with E-state index in [-0.39, 0.29) is 31.1 Å². The quantitative estimate of drug-likeness (QED) is 0.0343. The highest BCUT2D eigenvalue weighted by atomic mass is 16.6. The summed E-state index contributed by atoms with van der Waals surface area (Å²) in [6.45, 7) is 11.5. The highest BCUT2D eigenvalue weighted by Gasteiger charge is 2.19. The van der Waals surface area contributed by atoms with Crippen LogP contribution in [0, 0.1) is 11.8 Å². The van der Waals surface area contributed by atoms with E-state index in [1.807, 2.05) is 0 Å². The monoisotopic (exact) mass is 947 g/mol. The van der Waals surface area contributed by atoms with Crippen LogP contribution >= 0.6 is 0 Å². The molecule has 0 N–H and O–H groups in total. The fourth-order valence-corrected chi connectivity index (χ4v) is 9.37. The minimum Gasteiger partial charge on any atom is -0.462 e. The number of ether oxygens (including phenoxy) is 3. The summed E-state index contributed by atoms with van der Waals surface area (Å²) in [5.41, 5.74) is 0. The predicted octanol–water partition coefficient (Wildman–Crippen LogP) is 20.0. The minimum atomic E-state index is -0.763. The van der Waals surface area contributed by atoms with Crippen molar-refractivity contribution in [1.82, 2.24) is 0 Å². The van der Waals surface area contributed by atoms with Crippen molar-refractivity contribution in [2.24, 2.45) is 11.8 Å². The van der Waals surface area contributed by atoms with Crippen LogP contribution in [0.2, 0.25) is 0 Å². The van der Waals surface area contributed by atoms with Crippen LogP contribution in [0.3, 0.4) is 0 Å². The molecule has 1 unspecified atom stereocenters. The SMILES string of the molecule is CCCCCCCCCCCCCCCCC(=O)O[C@H](COC(=O)CCCCCCCCCCCCCCCCC(C)C)COC(=O)CCCCCCCCCCCCCCCCC(C)CC. The lowest BCUT2D eigenvalue weighted by molar-refractivity contribution is -0.167. The minimum absolute atomic E-state index is 0.0622. The van der Waals surface area contributed by atoms with Gasteiger partial charge in [-0.25, -0.2) is 0 Å². The Labute approximate surface area is 418 Å². The van der Waals surface area contributed by atoms with Gasteiger partial charge in [0.2, 0.25) is 0 Å². The average Bonchev–Trinajstić information content (AvgIpc) is 3.31. The molecule has 0 heterocycles. The van der Waals surface area contributed by atoms with Crippen molar-refractivity contribution >= 4 is 17.9 Å². The van der Waals surface area contributed by atoms with E-state index in [0.29, 0.717) is 19.3 Å². The van der Waals surface area contributed by atoms with Crippen molar-refractivity contribution < 1.29 is 28.6 Å². The average molecular weight is 948 g/mol. The van der Waals surface area contributed by atoms with Gasteiger partial charge >= 0.3 is 17.9 Å². The highest BCUT2D eigenvalue weighted by Crippen LogP contribution is 2.19.